The van der Waals surface area contributed by atoms with E-state index in [4.69, 9.17) is 4.74 Å². The van der Waals surface area contributed by atoms with Crippen molar-refractivity contribution in [3.8, 4) is 0 Å². The normalized spacial score (nSPS) is 26.1. The van der Waals surface area contributed by atoms with Crippen LogP contribution >= 0.6 is 0 Å². The standard InChI is InChI=1S/C11H18O3/c1-3-14-10(12)5-7-11(13)6-4-9(2)8-11/h8,13H,3-7H2,1-2H3. The minimum atomic E-state index is -0.767. The van der Waals surface area contributed by atoms with Crippen molar-refractivity contribution in [1.29, 1.82) is 0 Å². The van der Waals surface area contributed by atoms with Crippen LogP contribution in [0.3, 0.4) is 0 Å². The highest BCUT2D eigenvalue weighted by Gasteiger charge is 2.29. The molecule has 1 rings (SSSR count). The number of esters is 1. The molecule has 0 aliphatic heterocycles. The van der Waals surface area contributed by atoms with Crippen LogP contribution in [-0.2, 0) is 9.53 Å². The molecular formula is C11H18O3. The minimum Gasteiger partial charge on any atom is -0.466 e. The zero-order valence-corrected chi connectivity index (χ0v) is 8.88. The smallest absolute Gasteiger partial charge is 0.305 e. The summed E-state index contributed by atoms with van der Waals surface area (Å²) in [5.74, 6) is -0.223. The third-order valence-electron chi connectivity index (χ3n) is 2.53. The molecule has 0 aromatic rings. The Morgan fingerprint density at radius 2 is 2.43 bits per heavy atom. The molecule has 0 saturated carbocycles. The van der Waals surface area contributed by atoms with E-state index in [9.17, 15) is 9.90 Å². The van der Waals surface area contributed by atoms with Gasteiger partial charge >= 0.3 is 5.97 Å². The molecule has 1 unspecified atom stereocenters. The lowest BCUT2D eigenvalue weighted by atomic mass is 9.97. The van der Waals surface area contributed by atoms with Gasteiger partial charge in [-0.25, -0.2) is 0 Å². The molecule has 0 aromatic carbocycles. The molecule has 0 spiro atoms. The lowest BCUT2D eigenvalue weighted by Crippen LogP contribution is -2.24. The average molecular weight is 198 g/mol. The van der Waals surface area contributed by atoms with E-state index >= 15 is 0 Å². The van der Waals surface area contributed by atoms with Crippen LogP contribution in [0.1, 0.15) is 39.5 Å². The molecule has 0 aromatic heterocycles. The maximum Gasteiger partial charge on any atom is 0.305 e. The summed E-state index contributed by atoms with van der Waals surface area (Å²) < 4.78 is 4.80. The fourth-order valence-corrected chi connectivity index (χ4v) is 1.77. The highest BCUT2D eigenvalue weighted by molar-refractivity contribution is 5.69. The van der Waals surface area contributed by atoms with Gasteiger partial charge in [0.1, 0.15) is 0 Å². The first-order chi connectivity index (χ1) is 6.56. The van der Waals surface area contributed by atoms with Gasteiger partial charge < -0.3 is 9.84 Å². The van der Waals surface area contributed by atoms with Crippen molar-refractivity contribution in [2.45, 2.75) is 45.1 Å². The SMILES string of the molecule is CCOC(=O)CCC1(O)C=C(C)CC1. The van der Waals surface area contributed by atoms with Gasteiger partial charge in [-0.3, -0.25) is 4.79 Å². The summed E-state index contributed by atoms with van der Waals surface area (Å²) in [7, 11) is 0. The summed E-state index contributed by atoms with van der Waals surface area (Å²) in [4.78, 5) is 11.1. The van der Waals surface area contributed by atoms with E-state index in [0.717, 1.165) is 12.8 Å². The minimum absolute atomic E-state index is 0.223. The number of carbonyl (C=O) groups excluding carboxylic acids is 1. The van der Waals surface area contributed by atoms with Gasteiger partial charge in [0.15, 0.2) is 0 Å². The molecule has 0 heterocycles. The van der Waals surface area contributed by atoms with Gasteiger partial charge in [0.2, 0.25) is 0 Å². The van der Waals surface area contributed by atoms with Crippen LogP contribution in [0.25, 0.3) is 0 Å². The van der Waals surface area contributed by atoms with Crippen molar-refractivity contribution in [2.75, 3.05) is 6.61 Å². The molecular weight excluding hydrogens is 180 g/mol. The van der Waals surface area contributed by atoms with Crippen molar-refractivity contribution in [1.82, 2.24) is 0 Å². The van der Waals surface area contributed by atoms with Crippen LogP contribution in [0.5, 0.6) is 0 Å². The fourth-order valence-electron chi connectivity index (χ4n) is 1.77. The first-order valence-electron chi connectivity index (χ1n) is 5.12. The van der Waals surface area contributed by atoms with Gasteiger partial charge in [0.05, 0.1) is 12.2 Å². The first kappa shape index (κ1) is 11.2. The third-order valence-corrected chi connectivity index (χ3v) is 2.53. The maximum absolute atomic E-state index is 11.1. The monoisotopic (exact) mass is 198 g/mol. The van der Waals surface area contributed by atoms with E-state index in [1.54, 1.807) is 6.92 Å². The van der Waals surface area contributed by atoms with Gasteiger partial charge in [-0.15, -0.1) is 0 Å². The summed E-state index contributed by atoms with van der Waals surface area (Å²) in [5.41, 5.74) is 0.438. The van der Waals surface area contributed by atoms with Crippen LogP contribution in [0.2, 0.25) is 0 Å². The number of rotatable bonds is 4. The molecule has 0 radical (unpaired) electrons. The molecule has 1 aliphatic rings. The number of aliphatic hydroxyl groups is 1. The zero-order chi connectivity index (χ0) is 10.6. The fraction of sp³-hybridized carbons (Fsp3) is 0.727. The van der Waals surface area contributed by atoms with Crippen LogP contribution in [0.4, 0.5) is 0 Å². The van der Waals surface area contributed by atoms with Gasteiger partial charge in [-0.2, -0.15) is 0 Å². The van der Waals surface area contributed by atoms with Gasteiger partial charge in [-0.1, -0.05) is 11.6 Å². The molecule has 1 aliphatic carbocycles. The largest absolute Gasteiger partial charge is 0.466 e. The van der Waals surface area contributed by atoms with Crippen molar-refractivity contribution in [2.24, 2.45) is 0 Å². The Kier molecular flexibility index (Phi) is 3.69. The van der Waals surface area contributed by atoms with E-state index < -0.39 is 5.60 Å². The molecule has 80 valence electrons. The Morgan fingerprint density at radius 1 is 1.71 bits per heavy atom. The Hall–Kier alpha value is -0.830. The zero-order valence-electron chi connectivity index (χ0n) is 8.88. The summed E-state index contributed by atoms with van der Waals surface area (Å²) >= 11 is 0. The lowest BCUT2D eigenvalue weighted by molar-refractivity contribution is -0.144. The van der Waals surface area contributed by atoms with Crippen molar-refractivity contribution in [3.63, 3.8) is 0 Å². The summed E-state index contributed by atoms with van der Waals surface area (Å²) in [6.45, 7) is 4.20. The number of ether oxygens (including phenoxy) is 1. The quantitative estimate of drug-likeness (QED) is 0.553. The van der Waals surface area contributed by atoms with Crippen molar-refractivity contribution in [3.05, 3.63) is 11.6 Å². The summed E-state index contributed by atoms with van der Waals surface area (Å²) in [5, 5.41) is 9.99. The van der Waals surface area contributed by atoms with Crippen LogP contribution in [0, 0.1) is 0 Å². The third kappa shape index (κ3) is 3.14. The van der Waals surface area contributed by atoms with E-state index in [0.29, 0.717) is 19.4 Å². The second-order valence-corrected chi connectivity index (χ2v) is 3.90. The maximum atomic E-state index is 11.1. The molecule has 1 atom stereocenters. The molecule has 0 saturated heterocycles. The molecule has 14 heavy (non-hydrogen) atoms. The predicted octanol–water partition coefficient (Wildman–Crippen LogP) is 1.80. The molecule has 0 amide bonds. The Bertz CT molecular complexity index is 245. The Labute approximate surface area is 84.8 Å². The lowest BCUT2D eigenvalue weighted by Gasteiger charge is -2.19. The molecule has 3 nitrogen and oxygen atoms in total. The van der Waals surface area contributed by atoms with E-state index in [1.165, 1.54) is 5.57 Å². The molecule has 0 bridgehead atoms. The van der Waals surface area contributed by atoms with Crippen LogP contribution in [0.15, 0.2) is 11.6 Å². The topological polar surface area (TPSA) is 46.5 Å². The van der Waals surface area contributed by atoms with E-state index in [1.807, 2.05) is 13.0 Å². The van der Waals surface area contributed by atoms with Gasteiger partial charge in [-0.05, 0) is 33.1 Å². The van der Waals surface area contributed by atoms with E-state index in [2.05, 4.69) is 0 Å². The number of hydrogen-bond donors (Lipinski definition) is 1. The molecule has 1 N–H and O–H groups in total. The van der Waals surface area contributed by atoms with Crippen LogP contribution < -0.4 is 0 Å². The van der Waals surface area contributed by atoms with Crippen LogP contribution in [-0.4, -0.2) is 23.3 Å². The number of carbonyl (C=O) groups is 1. The Balaban J connectivity index is 2.34. The first-order valence-corrected chi connectivity index (χ1v) is 5.12. The molecule has 3 heteroatoms. The van der Waals surface area contributed by atoms with Gasteiger partial charge in [0, 0.05) is 6.42 Å². The predicted molar refractivity (Wildman–Crippen MR) is 53.8 cm³/mol. The second-order valence-electron chi connectivity index (χ2n) is 3.90. The van der Waals surface area contributed by atoms with E-state index in [-0.39, 0.29) is 5.97 Å². The Morgan fingerprint density at radius 3 is 2.93 bits per heavy atom. The summed E-state index contributed by atoms with van der Waals surface area (Å²) in [6.07, 6.45) is 4.31. The van der Waals surface area contributed by atoms with Crippen molar-refractivity contribution < 1.29 is 14.6 Å². The number of allylic oxidation sites excluding steroid dienone is 1. The highest BCUT2D eigenvalue weighted by Crippen LogP contribution is 2.31. The second kappa shape index (κ2) is 4.60. The van der Waals surface area contributed by atoms with Gasteiger partial charge in [0.25, 0.3) is 0 Å². The highest BCUT2D eigenvalue weighted by atomic mass is 16.5. The molecule has 0 fully saturated rings. The summed E-state index contributed by atoms with van der Waals surface area (Å²) in [6, 6.07) is 0. The van der Waals surface area contributed by atoms with Crippen molar-refractivity contribution >= 4 is 5.97 Å². The average Bonchev–Trinajstić information content (AvgIpc) is 2.45. The number of hydrogen-bond acceptors (Lipinski definition) is 3.